The number of halogens is 6. The minimum atomic E-state index is -5.08. The van der Waals surface area contributed by atoms with Gasteiger partial charge in [0.1, 0.15) is 0 Å². The lowest BCUT2D eigenvalue weighted by molar-refractivity contribution is -0.193. The number of aliphatic carboxylic acids is 2. The van der Waals surface area contributed by atoms with Crippen molar-refractivity contribution < 1.29 is 46.1 Å². The topological polar surface area (TPSA) is 129 Å². The number of nitrogens with two attached hydrogens (primary N) is 1. The second-order valence-electron chi connectivity index (χ2n) is 3.24. The molecule has 0 aliphatic heterocycles. The number of hydrogen-bond acceptors (Lipinski definition) is 5. The first-order valence-corrected chi connectivity index (χ1v) is 5.46. The molecule has 0 radical (unpaired) electrons. The third kappa shape index (κ3) is 13.2. The van der Waals surface area contributed by atoms with Crippen LogP contribution in [0.2, 0.25) is 0 Å². The van der Waals surface area contributed by atoms with Gasteiger partial charge < -0.3 is 20.9 Å². The molecule has 23 heavy (non-hydrogen) atoms. The van der Waals surface area contributed by atoms with Crippen LogP contribution in [0.4, 0.5) is 26.3 Å². The second-order valence-corrected chi connectivity index (χ2v) is 3.62. The Kier molecular flexibility index (Phi) is 9.75. The summed E-state index contributed by atoms with van der Waals surface area (Å²) in [6.45, 7) is 0.499. The Morgan fingerprint density at radius 3 is 1.65 bits per heavy atom. The molecule has 0 bridgehead atoms. The van der Waals surface area contributed by atoms with Crippen LogP contribution in [-0.4, -0.2) is 44.5 Å². The van der Waals surface area contributed by atoms with Gasteiger partial charge in [0.25, 0.3) is 0 Å². The van der Waals surface area contributed by atoms with Crippen LogP contribution in [0.3, 0.4) is 0 Å². The highest BCUT2D eigenvalue weighted by molar-refractivity contribution is 7.71. The van der Waals surface area contributed by atoms with Crippen molar-refractivity contribution in [2.75, 3.05) is 0 Å². The number of alkyl halides is 6. The molecule has 0 aliphatic rings. The first-order chi connectivity index (χ1) is 10.2. The van der Waals surface area contributed by atoms with E-state index in [-0.39, 0.29) is 0 Å². The van der Waals surface area contributed by atoms with Crippen molar-refractivity contribution >= 4 is 24.2 Å². The molecular formula is C9H9F6N3O4S. The number of H-pyrrole nitrogens is 1. The van der Waals surface area contributed by atoms with Crippen molar-refractivity contribution in [2.24, 2.45) is 5.73 Å². The van der Waals surface area contributed by atoms with Crippen LogP contribution in [0.1, 0.15) is 5.56 Å². The van der Waals surface area contributed by atoms with Gasteiger partial charge in [-0.15, -0.1) is 0 Å². The Bertz CT molecular complexity index is 527. The summed E-state index contributed by atoms with van der Waals surface area (Å²) < 4.78 is 64.0. The summed E-state index contributed by atoms with van der Waals surface area (Å²) in [6.07, 6.45) is -6.74. The van der Waals surface area contributed by atoms with Gasteiger partial charge in [0, 0.05) is 24.5 Å². The quantitative estimate of drug-likeness (QED) is 0.439. The van der Waals surface area contributed by atoms with Crippen molar-refractivity contribution in [3.05, 3.63) is 22.7 Å². The zero-order valence-electron chi connectivity index (χ0n) is 10.8. The maximum atomic E-state index is 10.6. The fourth-order valence-corrected chi connectivity index (χ4v) is 0.594. The van der Waals surface area contributed by atoms with E-state index in [2.05, 4.69) is 9.97 Å². The maximum Gasteiger partial charge on any atom is 0.490 e. The molecule has 132 valence electrons. The molecule has 0 unspecified atom stereocenters. The van der Waals surface area contributed by atoms with Crippen molar-refractivity contribution in [1.29, 1.82) is 0 Å². The molecule has 1 aromatic heterocycles. The van der Waals surface area contributed by atoms with Gasteiger partial charge in [0.2, 0.25) is 0 Å². The highest BCUT2D eigenvalue weighted by Gasteiger charge is 2.38. The Balaban J connectivity index is 0. The van der Waals surface area contributed by atoms with E-state index in [1.165, 1.54) is 0 Å². The van der Waals surface area contributed by atoms with E-state index in [1.54, 1.807) is 12.4 Å². The molecule has 0 saturated carbocycles. The zero-order valence-corrected chi connectivity index (χ0v) is 11.6. The van der Waals surface area contributed by atoms with E-state index in [0.717, 1.165) is 5.56 Å². The first kappa shape index (κ1) is 23.1. The van der Waals surface area contributed by atoms with E-state index in [9.17, 15) is 26.3 Å². The van der Waals surface area contributed by atoms with E-state index in [0.29, 0.717) is 11.3 Å². The fourth-order valence-electron chi connectivity index (χ4n) is 0.482. The van der Waals surface area contributed by atoms with E-state index < -0.39 is 24.3 Å². The Morgan fingerprint density at radius 2 is 1.48 bits per heavy atom. The monoisotopic (exact) mass is 369 g/mol. The summed E-state index contributed by atoms with van der Waals surface area (Å²) in [5.41, 5.74) is 6.27. The van der Waals surface area contributed by atoms with Crippen molar-refractivity contribution in [3.63, 3.8) is 0 Å². The van der Waals surface area contributed by atoms with Crippen molar-refractivity contribution in [2.45, 2.75) is 18.9 Å². The summed E-state index contributed by atoms with van der Waals surface area (Å²) in [4.78, 5) is 24.4. The van der Waals surface area contributed by atoms with Crippen LogP contribution >= 0.6 is 12.2 Å². The summed E-state index contributed by atoms with van der Waals surface area (Å²) in [5, 5.41) is 14.2. The van der Waals surface area contributed by atoms with Gasteiger partial charge in [-0.1, -0.05) is 0 Å². The highest BCUT2D eigenvalue weighted by Crippen LogP contribution is 2.13. The molecule has 0 fully saturated rings. The SMILES string of the molecule is NCc1cnc(=S)[nH]c1.O=C(O)C(F)(F)F.O=C(O)C(F)(F)F. The molecule has 0 aliphatic carbocycles. The Hall–Kier alpha value is -2.22. The molecule has 14 heteroatoms. The fraction of sp³-hybridized carbons (Fsp3) is 0.333. The average Bonchev–Trinajstić information content (AvgIpc) is 2.38. The number of hydrogen-bond donors (Lipinski definition) is 4. The van der Waals surface area contributed by atoms with Crippen LogP contribution in [0.25, 0.3) is 0 Å². The second kappa shape index (κ2) is 9.73. The molecule has 0 atom stereocenters. The molecule has 1 aromatic rings. The smallest absolute Gasteiger partial charge is 0.475 e. The van der Waals surface area contributed by atoms with Crippen LogP contribution < -0.4 is 5.73 Å². The lowest BCUT2D eigenvalue weighted by atomic mass is 10.4. The summed E-state index contributed by atoms with van der Waals surface area (Å²) in [7, 11) is 0. The number of aromatic nitrogens is 2. The first-order valence-electron chi connectivity index (χ1n) is 5.05. The standard InChI is InChI=1S/C5H7N3S.2C2HF3O2/c6-1-4-2-7-5(9)8-3-4;2*3-2(4,5)1(6)7/h2-3H,1,6H2,(H,7,8,9);2*(H,6,7). The number of carboxylic acid groups (broad SMARTS) is 2. The molecule has 7 nitrogen and oxygen atoms in total. The molecule has 1 heterocycles. The molecule has 0 amide bonds. The normalized spacial score (nSPS) is 10.6. The van der Waals surface area contributed by atoms with Gasteiger partial charge in [-0.2, -0.15) is 26.3 Å². The van der Waals surface area contributed by atoms with Crippen molar-refractivity contribution in [3.8, 4) is 0 Å². The molecule has 5 N–H and O–H groups in total. The van der Waals surface area contributed by atoms with Crippen LogP contribution in [-0.2, 0) is 16.1 Å². The number of nitrogens with one attached hydrogen (secondary N) is 1. The predicted molar refractivity (Wildman–Crippen MR) is 64.7 cm³/mol. The third-order valence-electron chi connectivity index (χ3n) is 1.45. The largest absolute Gasteiger partial charge is 0.490 e. The summed E-state index contributed by atoms with van der Waals surface area (Å²) in [6, 6.07) is 0. The number of carbonyl (C=O) groups is 2. The lowest BCUT2D eigenvalue weighted by Crippen LogP contribution is -2.21. The Morgan fingerprint density at radius 1 is 1.13 bits per heavy atom. The number of carboxylic acids is 2. The third-order valence-corrected chi connectivity index (χ3v) is 1.67. The van der Waals surface area contributed by atoms with Gasteiger partial charge in [-0.3, -0.25) is 0 Å². The van der Waals surface area contributed by atoms with Crippen LogP contribution in [0.5, 0.6) is 0 Å². The minimum Gasteiger partial charge on any atom is -0.475 e. The number of aromatic amines is 1. The molecule has 0 aromatic carbocycles. The van der Waals surface area contributed by atoms with E-state index >= 15 is 0 Å². The average molecular weight is 369 g/mol. The summed E-state index contributed by atoms with van der Waals surface area (Å²) in [5.74, 6) is -5.51. The molecule has 0 saturated heterocycles. The van der Waals surface area contributed by atoms with Crippen molar-refractivity contribution in [1.82, 2.24) is 9.97 Å². The van der Waals surface area contributed by atoms with Gasteiger partial charge in [0.15, 0.2) is 4.77 Å². The number of rotatable bonds is 1. The summed E-state index contributed by atoms with van der Waals surface area (Å²) >= 11 is 4.71. The maximum absolute atomic E-state index is 10.6. The van der Waals surface area contributed by atoms with Crippen LogP contribution in [0, 0.1) is 4.77 Å². The van der Waals surface area contributed by atoms with Gasteiger partial charge in [-0.05, 0) is 12.2 Å². The van der Waals surface area contributed by atoms with Gasteiger partial charge in [0.05, 0.1) is 0 Å². The lowest BCUT2D eigenvalue weighted by Gasteiger charge is -1.93. The van der Waals surface area contributed by atoms with Crippen LogP contribution in [0.15, 0.2) is 12.4 Å². The highest BCUT2D eigenvalue weighted by atomic mass is 32.1. The van der Waals surface area contributed by atoms with E-state index in [1.807, 2.05) is 0 Å². The van der Waals surface area contributed by atoms with Gasteiger partial charge in [-0.25, -0.2) is 14.6 Å². The minimum absolute atomic E-state index is 0.493. The molecular weight excluding hydrogens is 360 g/mol. The Labute approximate surface area is 128 Å². The van der Waals surface area contributed by atoms with E-state index in [4.69, 9.17) is 37.8 Å². The van der Waals surface area contributed by atoms with Gasteiger partial charge >= 0.3 is 24.3 Å². The molecule has 1 rings (SSSR count). The molecule has 0 spiro atoms. The number of nitrogens with zero attached hydrogens (tertiary/aromatic N) is 1. The zero-order chi connectivity index (χ0) is 18.8. The predicted octanol–water partition coefficient (Wildman–Crippen LogP) is 1.86.